The van der Waals surface area contributed by atoms with Crippen molar-refractivity contribution in [2.45, 2.75) is 12.8 Å². The molecule has 0 fully saturated rings. The zero-order chi connectivity index (χ0) is 37.6. The summed E-state index contributed by atoms with van der Waals surface area (Å²) in [6.07, 6.45) is 3.35. The molecule has 2 amide bonds. The molecule has 0 saturated carbocycles. The maximum Gasteiger partial charge on any atom is 0.278 e. The van der Waals surface area contributed by atoms with Crippen LogP contribution < -0.4 is 15.0 Å². The Bertz CT molecular complexity index is 2290. The number of alkyl halides is 1. The average Bonchev–Trinajstić information content (AvgIpc) is 3.90. The molecule has 1 unspecified atom stereocenters. The lowest BCUT2D eigenvalue weighted by Gasteiger charge is -2.17. The number of fused-ring (bicyclic) bond motifs is 5. The number of halogens is 1. The molecular weight excluding hydrogens is 714 g/mol. The van der Waals surface area contributed by atoms with Crippen molar-refractivity contribution < 1.29 is 38.4 Å². The van der Waals surface area contributed by atoms with Crippen molar-refractivity contribution in [3.63, 3.8) is 0 Å². The van der Waals surface area contributed by atoms with Crippen LogP contribution in [0.4, 0.5) is 11.4 Å². The molecule has 282 valence electrons. The summed E-state index contributed by atoms with van der Waals surface area (Å²) in [7, 11) is 1.63. The first kappa shape index (κ1) is 37.1. The van der Waals surface area contributed by atoms with Crippen LogP contribution >= 0.6 is 11.6 Å². The predicted octanol–water partition coefficient (Wildman–Crippen LogP) is 6.29. The second-order valence-corrected chi connectivity index (χ2v) is 13.3. The first-order chi connectivity index (χ1) is 26.3. The molecular formula is C40H42ClN5O8. The molecule has 1 aliphatic rings. The molecule has 0 radical (unpaired) electrons. The number of anilines is 2. The van der Waals surface area contributed by atoms with E-state index in [1.165, 1.54) is 0 Å². The van der Waals surface area contributed by atoms with E-state index >= 15 is 0 Å². The smallest absolute Gasteiger partial charge is 0.278 e. The van der Waals surface area contributed by atoms with Gasteiger partial charge in [0.2, 0.25) is 0 Å². The lowest BCUT2D eigenvalue weighted by atomic mass is 9.92. The second-order valence-electron chi connectivity index (χ2n) is 13.0. The van der Waals surface area contributed by atoms with Gasteiger partial charge < -0.3 is 48.4 Å². The fourth-order valence-electron chi connectivity index (χ4n) is 6.75. The van der Waals surface area contributed by atoms with Gasteiger partial charge in [-0.3, -0.25) is 9.59 Å². The number of hydrogen-bond donors (Lipinski definition) is 3. The molecule has 14 heteroatoms. The number of carbonyl (C=O) groups excluding carboxylic acids is 2. The first-order valence-corrected chi connectivity index (χ1v) is 18.3. The van der Waals surface area contributed by atoms with Gasteiger partial charge >= 0.3 is 0 Å². The van der Waals surface area contributed by atoms with Gasteiger partial charge in [-0.15, -0.1) is 11.6 Å². The molecule has 7 rings (SSSR count). The average molecular weight is 756 g/mol. The number of methoxy groups -OCH3 is 1. The molecule has 3 N–H and O–H groups in total. The van der Waals surface area contributed by atoms with E-state index in [4.69, 9.17) is 35.3 Å². The van der Waals surface area contributed by atoms with E-state index in [1.54, 1.807) is 53.1 Å². The van der Waals surface area contributed by atoms with Crippen LogP contribution in [0.3, 0.4) is 0 Å². The number of aromatic amines is 1. The topological polar surface area (TPSA) is 149 Å². The van der Waals surface area contributed by atoms with Gasteiger partial charge in [0.05, 0.1) is 57.6 Å². The van der Waals surface area contributed by atoms with E-state index in [0.29, 0.717) is 93.7 Å². The van der Waals surface area contributed by atoms with E-state index in [1.807, 2.05) is 43.3 Å². The van der Waals surface area contributed by atoms with Crippen LogP contribution in [-0.2, 0) is 18.9 Å². The Kier molecular flexibility index (Phi) is 11.6. The van der Waals surface area contributed by atoms with Gasteiger partial charge in [0, 0.05) is 60.2 Å². The first-order valence-electron chi connectivity index (χ1n) is 17.8. The van der Waals surface area contributed by atoms with E-state index in [-0.39, 0.29) is 29.2 Å². The van der Waals surface area contributed by atoms with Crippen LogP contribution in [0.1, 0.15) is 38.0 Å². The number of amides is 2. The Labute approximate surface area is 316 Å². The van der Waals surface area contributed by atoms with Gasteiger partial charge in [0.15, 0.2) is 0 Å². The third kappa shape index (κ3) is 8.00. The minimum absolute atomic E-state index is 0.101. The number of pyridine rings is 1. The number of aromatic nitrogens is 3. The third-order valence-corrected chi connectivity index (χ3v) is 9.71. The van der Waals surface area contributed by atoms with Crippen molar-refractivity contribution in [1.29, 1.82) is 0 Å². The van der Waals surface area contributed by atoms with Crippen LogP contribution in [0.15, 0.2) is 73.1 Å². The number of aryl methyl sites for hydroxylation is 1. The molecule has 6 aromatic rings. The number of nitrogens with zero attached hydrogens (tertiary/aromatic N) is 3. The fraction of sp³-hybridized carbons (Fsp3) is 0.325. The van der Waals surface area contributed by atoms with Crippen molar-refractivity contribution in [3.8, 4) is 11.5 Å². The van der Waals surface area contributed by atoms with E-state index < -0.39 is 0 Å². The summed E-state index contributed by atoms with van der Waals surface area (Å²) >= 11 is 6.42. The summed E-state index contributed by atoms with van der Waals surface area (Å²) in [5, 5.41) is 16.3. The lowest BCUT2D eigenvalue weighted by molar-refractivity contribution is 0.000169. The number of aromatic hydroxyl groups is 1. The standard InChI is InChI=1S/C40H42ClN5O8/c1-25-4-3-5-30-35(47)20-34-38(37(25)30)27(21-41)22-46(34)40(49)33-24-45-23-28(6-9-36(45)44-33)42-39(48)32-19-26-18-29(7-8-31(26)43-32)54-17-16-53-15-14-52-13-12-51-11-10-50-2/h3-9,18-20,23-24,27,43,47H,10-17,21-22H2,1-2H3,(H,42,48). The Morgan fingerprint density at radius 2 is 1.70 bits per heavy atom. The van der Waals surface area contributed by atoms with E-state index in [2.05, 4.69) is 15.3 Å². The van der Waals surface area contributed by atoms with Gasteiger partial charge in [-0.2, -0.15) is 0 Å². The minimum Gasteiger partial charge on any atom is -0.507 e. The molecule has 0 spiro atoms. The van der Waals surface area contributed by atoms with Crippen molar-refractivity contribution in [2.24, 2.45) is 0 Å². The van der Waals surface area contributed by atoms with Gasteiger partial charge in [0.25, 0.3) is 11.8 Å². The van der Waals surface area contributed by atoms with Crippen LogP contribution in [0.5, 0.6) is 11.5 Å². The number of rotatable bonds is 17. The molecule has 0 bridgehead atoms. The lowest BCUT2D eigenvalue weighted by Crippen LogP contribution is -2.30. The minimum atomic E-state index is -0.329. The molecule has 0 saturated heterocycles. The number of H-pyrrole nitrogens is 1. The normalized spacial score (nSPS) is 14.0. The van der Waals surface area contributed by atoms with Gasteiger partial charge in [0.1, 0.15) is 35.1 Å². The van der Waals surface area contributed by atoms with Crippen LogP contribution in [0.2, 0.25) is 0 Å². The fourth-order valence-corrected chi connectivity index (χ4v) is 7.00. The van der Waals surface area contributed by atoms with Crippen LogP contribution in [0, 0.1) is 6.92 Å². The number of imidazole rings is 1. The summed E-state index contributed by atoms with van der Waals surface area (Å²) < 4.78 is 28.9. The predicted molar refractivity (Wildman–Crippen MR) is 207 cm³/mol. The zero-order valence-electron chi connectivity index (χ0n) is 30.1. The van der Waals surface area contributed by atoms with Crippen molar-refractivity contribution in [1.82, 2.24) is 14.4 Å². The quantitative estimate of drug-likeness (QED) is 0.0721. The van der Waals surface area contributed by atoms with Crippen molar-refractivity contribution in [2.75, 3.05) is 82.6 Å². The number of nitrogens with one attached hydrogen (secondary N) is 2. The number of carbonyl (C=O) groups is 2. The van der Waals surface area contributed by atoms with E-state index in [0.717, 1.165) is 32.8 Å². The highest BCUT2D eigenvalue weighted by molar-refractivity contribution is 6.19. The Morgan fingerprint density at radius 3 is 2.46 bits per heavy atom. The van der Waals surface area contributed by atoms with Crippen molar-refractivity contribution in [3.05, 3.63) is 95.6 Å². The molecule has 1 aliphatic heterocycles. The molecule has 4 heterocycles. The Hall–Kier alpha value is -5.18. The molecule has 54 heavy (non-hydrogen) atoms. The number of benzene rings is 3. The third-order valence-electron chi connectivity index (χ3n) is 9.34. The highest BCUT2D eigenvalue weighted by atomic mass is 35.5. The highest BCUT2D eigenvalue weighted by Gasteiger charge is 2.36. The van der Waals surface area contributed by atoms with Gasteiger partial charge in [-0.1, -0.05) is 18.2 Å². The number of ether oxygens (including phenoxy) is 5. The Morgan fingerprint density at radius 1 is 0.944 bits per heavy atom. The SMILES string of the molecule is COCCOCCOCCOCCOc1ccc2[nH]c(C(=O)Nc3ccc4nc(C(=O)N5CC(CCl)c6c5cc(O)c5cccc(C)c65)cn4c3)cc2c1. The monoisotopic (exact) mass is 755 g/mol. The molecule has 0 aliphatic carbocycles. The number of phenolic OH excluding ortho intramolecular Hbond substituents is 1. The van der Waals surface area contributed by atoms with Gasteiger partial charge in [-0.25, -0.2) is 4.98 Å². The Balaban J connectivity index is 0.950. The molecule has 1 atom stereocenters. The van der Waals surface area contributed by atoms with Crippen molar-refractivity contribution >= 4 is 62.1 Å². The summed E-state index contributed by atoms with van der Waals surface area (Å²) in [5.74, 6) is 0.357. The molecule has 3 aromatic carbocycles. The highest BCUT2D eigenvalue weighted by Crippen LogP contribution is 2.46. The maximum atomic E-state index is 13.9. The summed E-state index contributed by atoms with van der Waals surface area (Å²) in [4.78, 5) is 36.6. The molecule has 13 nitrogen and oxygen atoms in total. The largest absolute Gasteiger partial charge is 0.507 e. The second kappa shape index (κ2) is 16.9. The summed E-state index contributed by atoms with van der Waals surface area (Å²) in [5.41, 5.74) is 5.05. The van der Waals surface area contributed by atoms with Gasteiger partial charge in [-0.05, 0) is 59.8 Å². The number of hydrogen-bond acceptors (Lipinski definition) is 9. The summed E-state index contributed by atoms with van der Waals surface area (Å²) in [6.45, 7) is 6.19. The van der Waals surface area contributed by atoms with Crippen LogP contribution in [-0.4, -0.2) is 104 Å². The zero-order valence-corrected chi connectivity index (χ0v) is 30.9. The molecule has 3 aromatic heterocycles. The van der Waals surface area contributed by atoms with E-state index in [9.17, 15) is 14.7 Å². The summed E-state index contributed by atoms with van der Waals surface area (Å²) in [6, 6.07) is 18.2. The maximum absolute atomic E-state index is 13.9. The number of phenols is 1. The van der Waals surface area contributed by atoms with Crippen LogP contribution in [0.25, 0.3) is 27.3 Å².